The molecule has 8 nitrogen and oxygen atoms in total. The molecule has 8 heteroatoms. The molecule has 3 aromatic heterocycles. The van der Waals surface area contributed by atoms with E-state index in [4.69, 9.17) is 19.6 Å². The summed E-state index contributed by atoms with van der Waals surface area (Å²) in [5.74, 6) is 0.735. The molecule has 0 bridgehead atoms. The Bertz CT molecular complexity index is 1180. The number of aromatic nitrogens is 5. The topological polar surface area (TPSA) is 81.1 Å². The third kappa shape index (κ3) is 3.44. The molecule has 30 heavy (non-hydrogen) atoms. The highest BCUT2D eigenvalue weighted by atomic mass is 16.5. The molecule has 5 rings (SSSR count). The van der Waals surface area contributed by atoms with Crippen molar-refractivity contribution in [2.24, 2.45) is 0 Å². The first kappa shape index (κ1) is 18.8. The fourth-order valence-corrected chi connectivity index (χ4v) is 3.87. The van der Waals surface area contributed by atoms with Crippen molar-refractivity contribution in [1.82, 2.24) is 24.7 Å². The van der Waals surface area contributed by atoms with Crippen LogP contribution in [0.2, 0.25) is 0 Å². The largest absolute Gasteiger partial charge is 0.378 e. The molecular weight excluding hydrogens is 380 g/mol. The van der Waals surface area contributed by atoms with E-state index in [0.717, 1.165) is 52.7 Å². The number of morpholine rings is 1. The summed E-state index contributed by atoms with van der Waals surface area (Å²) >= 11 is 0. The maximum absolute atomic E-state index is 5.52. The van der Waals surface area contributed by atoms with Crippen molar-refractivity contribution < 1.29 is 9.47 Å². The third-order valence-corrected chi connectivity index (χ3v) is 5.31. The molecule has 1 aromatic carbocycles. The number of benzene rings is 1. The average molecular weight is 404 g/mol. The van der Waals surface area contributed by atoms with E-state index < -0.39 is 0 Å². The standard InChI is InChI=1S/C22H24N6O2/c1-15-4-3-5-16(10-15)18-11-17(13-29-2)28(26-18)20-12-19(27-6-8-30-9-7-27)21-22(25-20)24-14-23-21/h3-5,10-12,14H,6-9,13H2,1-2H3,(H,23,24,25). The number of hydrogen-bond acceptors (Lipinski definition) is 6. The molecule has 0 saturated carbocycles. The van der Waals surface area contributed by atoms with E-state index >= 15 is 0 Å². The fourth-order valence-electron chi connectivity index (χ4n) is 3.87. The molecule has 154 valence electrons. The van der Waals surface area contributed by atoms with Gasteiger partial charge in [0, 0.05) is 31.8 Å². The van der Waals surface area contributed by atoms with Crippen LogP contribution >= 0.6 is 0 Å². The number of hydrogen-bond donors (Lipinski definition) is 1. The van der Waals surface area contributed by atoms with Crippen LogP contribution in [0.1, 0.15) is 11.3 Å². The molecule has 4 aromatic rings. The summed E-state index contributed by atoms with van der Waals surface area (Å²) in [4.78, 5) is 14.7. The second-order valence-electron chi connectivity index (χ2n) is 7.43. The van der Waals surface area contributed by atoms with Gasteiger partial charge in [-0.15, -0.1) is 0 Å². The van der Waals surface area contributed by atoms with E-state index in [2.05, 4.69) is 52.1 Å². The van der Waals surface area contributed by atoms with E-state index in [-0.39, 0.29) is 0 Å². The Balaban J connectivity index is 1.64. The Labute approximate surface area is 174 Å². The number of imidazole rings is 1. The van der Waals surface area contributed by atoms with Crippen LogP contribution in [0.3, 0.4) is 0 Å². The molecule has 0 radical (unpaired) electrons. The second-order valence-corrected chi connectivity index (χ2v) is 7.43. The number of nitrogens with one attached hydrogen (secondary N) is 1. The Morgan fingerprint density at radius 1 is 1.17 bits per heavy atom. The summed E-state index contributed by atoms with van der Waals surface area (Å²) in [5, 5.41) is 4.88. The quantitative estimate of drug-likeness (QED) is 0.551. The van der Waals surface area contributed by atoms with E-state index in [9.17, 15) is 0 Å². The number of H-pyrrole nitrogens is 1. The summed E-state index contributed by atoms with van der Waals surface area (Å²) < 4.78 is 12.8. The zero-order chi connectivity index (χ0) is 20.5. The first-order chi connectivity index (χ1) is 14.7. The van der Waals surface area contributed by atoms with Gasteiger partial charge in [0.05, 0.1) is 43.2 Å². The Hall–Kier alpha value is -3.23. The summed E-state index contributed by atoms with van der Waals surface area (Å²) in [5.41, 5.74) is 6.74. The number of fused-ring (bicyclic) bond motifs is 1. The van der Waals surface area contributed by atoms with Gasteiger partial charge in [-0.3, -0.25) is 0 Å². The molecule has 0 unspecified atom stereocenters. The lowest BCUT2D eigenvalue weighted by molar-refractivity contribution is 0.123. The van der Waals surface area contributed by atoms with Crippen molar-refractivity contribution in [3.63, 3.8) is 0 Å². The number of aryl methyl sites for hydroxylation is 1. The highest BCUT2D eigenvalue weighted by molar-refractivity contribution is 5.87. The van der Waals surface area contributed by atoms with Crippen LogP contribution in [0.25, 0.3) is 28.2 Å². The molecule has 0 spiro atoms. The Morgan fingerprint density at radius 3 is 2.83 bits per heavy atom. The van der Waals surface area contributed by atoms with Crippen LogP contribution in [0.4, 0.5) is 5.69 Å². The monoisotopic (exact) mass is 404 g/mol. The molecule has 0 amide bonds. The first-order valence-electron chi connectivity index (χ1n) is 10.0. The zero-order valence-corrected chi connectivity index (χ0v) is 17.1. The van der Waals surface area contributed by atoms with Gasteiger partial charge in [-0.05, 0) is 19.1 Å². The highest BCUT2D eigenvalue weighted by Gasteiger charge is 2.20. The lowest BCUT2D eigenvalue weighted by atomic mass is 10.1. The van der Waals surface area contributed by atoms with Gasteiger partial charge >= 0.3 is 0 Å². The fraction of sp³-hybridized carbons (Fsp3) is 0.318. The molecule has 1 saturated heterocycles. The number of rotatable bonds is 5. The van der Waals surface area contributed by atoms with Gasteiger partial charge in [0.15, 0.2) is 11.5 Å². The van der Waals surface area contributed by atoms with Crippen molar-refractivity contribution >= 4 is 16.9 Å². The van der Waals surface area contributed by atoms with Crippen LogP contribution in [-0.4, -0.2) is 58.1 Å². The molecule has 0 atom stereocenters. The van der Waals surface area contributed by atoms with Crippen LogP contribution in [0.5, 0.6) is 0 Å². The predicted molar refractivity (Wildman–Crippen MR) is 115 cm³/mol. The summed E-state index contributed by atoms with van der Waals surface area (Å²) in [7, 11) is 1.69. The van der Waals surface area contributed by atoms with Gasteiger partial charge in [0.1, 0.15) is 5.52 Å². The number of anilines is 1. The summed E-state index contributed by atoms with van der Waals surface area (Å²) in [6.45, 7) is 5.58. The summed E-state index contributed by atoms with van der Waals surface area (Å²) in [6.07, 6.45) is 1.68. The van der Waals surface area contributed by atoms with Gasteiger partial charge in [-0.2, -0.15) is 5.10 Å². The average Bonchev–Trinajstić information content (AvgIpc) is 3.41. The first-order valence-corrected chi connectivity index (χ1v) is 10.0. The third-order valence-electron chi connectivity index (χ3n) is 5.31. The molecule has 1 aliphatic heterocycles. The normalized spacial score (nSPS) is 14.5. The van der Waals surface area contributed by atoms with Crippen LogP contribution in [-0.2, 0) is 16.1 Å². The van der Waals surface area contributed by atoms with Gasteiger partial charge in [0.25, 0.3) is 0 Å². The van der Waals surface area contributed by atoms with Crippen molar-refractivity contribution in [2.45, 2.75) is 13.5 Å². The van der Waals surface area contributed by atoms with Crippen molar-refractivity contribution in [3.8, 4) is 17.1 Å². The number of nitrogens with zero attached hydrogens (tertiary/aromatic N) is 5. The van der Waals surface area contributed by atoms with Crippen LogP contribution in [0, 0.1) is 6.92 Å². The van der Waals surface area contributed by atoms with Crippen LogP contribution < -0.4 is 4.90 Å². The Kier molecular flexibility index (Phi) is 4.94. The second kappa shape index (κ2) is 7.89. The van der Waals surface area contributed by atoms with E-state index in [0.29, 0.717) is 19.8 Å². The summed E-state index contributed by atoms with van der Waals surface area (Å²) in [6, 6.07) is 12.4. The minimum Gasteiger partial charge on any atom is -0.378 e. The lowest BCUT2D eigenvalue weighted by Gasteiger charge is -2.29. The molecule has 1 aliphatic rings. The molecule has 1 N–H and O–H groups in total. The smallest absolute Gasteiger partial charge is 0.161 e. The SMILES string of the molecule is COCc1cc(-c2cccc(C)c2)nn1-c1cc(N2CCOCC2)c2nc[nH]c2n1. The van der Waals surface area contributed by atoms with E-state index in [1.807, 2.05) is 10.7 Å². The van der Waals surface area contributed by atoms with E-state index in [1.54, 1.807) is 13.4 Å². The minimum atomic E-state index is 0.439. The maximum Gasteiger partial charge on any atom is 0.161 e. The molecular formula is C22H24N6O2. The minimum absolute atomic E-state index is 0.439. The highest BCUT2D eigenvalue weighted by Crippen LogP contribution is 2.29. The number of aromatic amines is 1. The lowest BCUT2D eigenvalue weighted by Crippen LogP contribution is -2.36. The van der Waals surface area contributed by atoms with Crippen molar-refractivity contribution in [2.75, 3.05) is 38.3 Å². The molecule has 0 aliphatic carbocycles. The van der Waals surface area contributed by atoms with Gasteiger partial charge in [-0.25, -0.2) is 14.6 Å². The number of pyridine rings is 1. The zero-order valence-electron chi connectivity index (χ0n) is 17.1. The van der Waals surface area contributed by atoms with Gasteiger partial charge < -0.3 is 19.4 Å². The van der Waals surface area contributed by atoms with Crippen molar-refractivity contribution in [3.05, 3.63) is 54.0 Å². The van der Waals surface area contributed by atoms with Crippen LogP contribution in [0.15, 0.2) is 42.7 Å². The van der Waals surface area contributed by atoms with Crippen molar-refractivity contribution in [1.29, 1.82) is 0 Å². The molecule has 4 heterocycles. The number of ether oxygens (including phenoxy) is 2. The van der Waals surface area contributed by atoms with Gasteiger partial charge in [-0.1, -0.05) is 23.8 Å². The Morgan fingerprint density at radius 2 is 2.03 bits per heavy atom. The maximum atomic E-state index is 5.52. The predicted octanol–water partition coefficient (Wildman–Crippen LogP) is 3.10. The van der Waals surface area contributed by atoms with E-state index in [1.165, 1.54) is 5.56 Å². The van der Waals surface area contributed by atoms with Gasteiger partial charge in [0.2, 0.25) is 0 Å². The number of methoxy groups -OCH3 is 1. The molecule has 1 fully saturated rings.